The lowest BCUT2D eigenvalue weighted by Gasteiger charge is -2.05. The zero-order valence-corrected chi connectivity index (χ0v) is 12.0. The first-order valence-corrected chi connectivity index (χ1v) is 7.00. The van der Waals surface area contributed by atoms with E-state index in [1.165, 1.54) is 18.5 Å². The van der Waals surface area contributed by atoms with Gasteiger partial charge in [-0.3, -0.25) is 4.68 Å². The lowest BCUT2D eigenvalue weighted by atomic mass is 10.2. The third kappa shape index (κ3) is 1.66. The normalized spacial score (nSPS) is 15.2. The van der Waals surface area contributed by atoms with Crippen LogP contribution < -0.4 is 0 Å². The summed E-state index contributed by atoms with van der Waals surface area (Å²) >= 11 is 0. The van der Waals surface area contributed by atoms with Gasteiger partial charge in [0, 0.05) is 13.0 Å². The van der Waals surface area contributed by atoms with E-state index in [1.807, 2.05) is 29.4 Å². The molecule has 5 heteroatoms. The highest BCUT2D eigenvalue weighted by atomic mass is 15.3. The number of hydrogen-bond acceptors (Lipinski definition) is 3. The molecule has 1 aliphatic rings. The molecule has 102 valence electrons. The van der Waals surface area contributed by atoms with Crippen molar-refractivity contribution in [2.45, 2.75) is 32.6 Å². The summed E-state index contributed by atoms with van der Waals surface area (Å²) in [4.78, 5) is 4.40. The van der Waals surface area contributed by atoms with E-state index in [1.54, 1.807) is 0 Å². The Morgan fingerprint density at radius 2 is 1.95 bits per heavy atom. The van der Waals surface area contributed by atoms with Gasteiger partial charge < -0.3 is 0 Å². The average Bonchev–Trinajstić information content (AvgIpc) is 3.10. The molecule has 3 aromatic heterocycles. The molecule has 0 unspecified atom stereocenters. The summed E-state index contributed by atoms with van der Waals surface area (Å²) in [6.07, 6.45) is 4.39. The van der Waals surface area contributed by atoms with E-state index in [4.69, 9.17) is 5.10 Å². The van der Waals surface area contributed by atoms with E-state index in [-0.39, 0.29) is 0 Å². The molecule has 0 bridgehead atoms. The molecule has 0 spiro atoms. The van der Waals surface area contributed by atoms with Crippen molar-refractivity contribution in [2.75, 3.05) is 0 Å². The van der Waals surface area contributed by atoms with Crippen LogP contribution in [-0.2, 0) is 7.05 Å². The van der Waals surface area contributed by atoms with Crippen LogP contribution in [0.1, 0.15) is 35.7 Å². The molecule has 20 heavy (non-hydrogen) atoms. The fourth-order valence-corrected chi connectivity index (χ4v) is 2.67. The van der Waals surface area contributed by atoms with Gasteiger partial charge >= 0.3 is 0 Å². The van der Waals surface area contributed by atoms with Crippen LogP contribution in [0.15, 0.2) is 18.3 Å². The Labute approximate surface area is 117 Å². The predicted molar refractivity (Wildman–Crippen MR) is 76.6 cm³/mol. The summed E-state index contributed by atoms with van der Waals surface area (Å²) in [7, 11) is 1.99. The summed E-state index contributed by atoms with van der Waals surface area (Å²) in [5, 5.41) is 9.33. The second-order valence-electron chi connectivity index (χ2n) is 5.70. The Balaban J connectivity index is 1.90. The minimum absolute atomic E-state index is 0.662. The van der Waals surface area contributed by atoms with Gasteiger partial charge in [-0.1, -0.05) is 0 Å². The van der Waals surface area contributed by atoms with E-state index < -0.39 is 0 Å². The average molecular weight is 267 g/mol. The highest BCUT2D eigenvalue weighted by molar-refractivity contribution is 5.60. The minimum Gasteiger partial charge on any atom is -0.266 e. The maximum absolute atomic E-state index is 4.71. The van der Waals surface area contributed by atoms with Crippen molar-refractivity contribution in [3.05, 3.63) is 35.3 Å². The van der Waals surface area contributed by atoms with Crippen LogP contribution in [0.25, 0.3) is 17.0 Å². The van der Waals surface area contributed by atoms with Crippen LogP contribution in [0.5, 0.6) is 0 Å². The van der Waals surface area contributed by atoms with Crippen LogP contribution in [0.3, 0.4) is 0 Å². The van der Waals surface area contributed by atoms with Crippen LogP contribution in [0, 0.1) is 13.8 Å². The Morgan fingerprint density at radius 1 is 1.15 bits per heavy atom. The molecule has 4 rings (SSSR count). The summed E-state index contributed by atoms with van der Waals surface area (Å²) in [6, 6.07) is 4.27. The molecule has 0 saturated heterocycles. The topological polar surface area (TPSA) is 48.0 Å². The second-order valence-corrected chi connectivity index (χ2v) is 5.70. The summed E-state index contributed by atoms with van der Waals surface area (Å²) in [5.74, 6) is 0.662. The van der Waals surface area contributed by atoms with Gasteiger partial charge in [-0.05, 0) is 44.4 Å². The van der Waals surface area contributed by atoms with Crippen molar-refractivity contribution in [1.82, 2.24) is 24.4 Å². The molecule has 1 fully saturated rings. The predicted octanol–water partition coefficient (Wildman–Crippen LogP) is 2.62. The van der Waals surface area contributed by atoms with E-state index >= 15 is 0 Å². The van der Waals surface area contributed by atoms with Crippen LogP contribution >= 0.6 is 0 Å². The molecule has 0 radical (unpaired) electrons. The molecule has 1 aliphatic carbocycles. The quantitative estimate of drug-likeness (QED) is 0.717. The Bertz CT molecular complexity index is 807. The number of fused-ring (bicyclic) bond motifs is 1. The molecule has 0 N–H and O–H groups in total. The number of rotatable bonds is 2. The van der Waals surface area contributed by atoms with Gasteiger partial charge in [0.1, 0.15) is 5.69 Å². The molecular weight excluding hydrogens is 250 g/mol. The van der Waals surface area contributed by atoms with Gasteiger partial charge in [-0.2, -0.15) is 10.2 Å². The zero-order chi connectivity index (χ0) is 13.9. The first kappa shape index (κ1) is 11.6. The fraction of sp³-hybridized carbons (Fsp3) is 0.400. The molecule has 5 nitrogen and oxygen atoms in total. The van der Waals surface area contributed by atoms with Crippen LogP contribution in [0.4, 0.5) is 0 Å². The number of aryl methyl sites for hydroxylation is 3. The number of aromatic nitrogens is 5. The minimum atomic E-state index is 0.662. The zero-order valence-electron chi connectivity index (χ0n) is 12.0. The van der Waals surface area contributed by atoms with E-state index in [2.05, 4.69) is 29.1 Å². The lowest BCUT2D eigenvalue weighted by molar-refractivity contribution is 0.744. The first-order valence-electron chi connectivity index (χ1n) is 7.00. The van der Waals surface area contributed by atoms with Crippen molar-refractivity contribution in [2.24, 2.45) is 7.05 Å². The Morgan fingerprint density at radius 3 is 2.70 bits per heavy atom. The van der Waals surface area contributed by atoms with E-state index in [9.17, 15) is 0 Å². The fourth-order valence-electron chi connectivity index (χ4n) is 2.67. The van der Waals surface area contributed by atoms with Crippen molar-refractivity contribution in [3.8, 4) is 11.4 Å². The van der Waals surface area contributed by atoms with Crippen molar-refractivity contribution in [1.29, 1.82) is 0 Å². The van der Waals surface area contributed by atoms with Crippen molar-refractivity contribution >= 4 is 5.65 Å². The van der Waals surface area contributed by atoms with Gasteiger partial charge in [0.2, 0.25) is 0 Å². The smallest absolute Gasteiger partial charge is 0.156 e. The maximum atomic E-state index is 4.71. The van der Waals surface area contributed by atoms with E-state index in [0.717, 1.165) is 28.3 Å². The van der Waals surface area contributed by atoms with Crippen molar-refractivity contribution in [3.63, 3.8) is 0 Å². The third-order valence-corrected chi connectivity index (χ3v) is 3.98. The van der Waals surface area contributed by atoms with Gasteiger partial charge in [0.25, 0.3) is 0 Å². The van der Waals surface area contributed by atoms with Crippen LogP contribution in [-0.4, -0.2) is 24.4 Å². The summed E-state index contributed by atoms with van der Waals surface area (Å²) in [6.45, 7) is 4.10. The van der Waals surface area contributed by atoms with Gasteiger partial charge in [-0.25, -0.2) is 9.50 Å². The highest BCUT2D eigenvalue weighted by Crippen LogP contribution is 2.40. The van der Waals surface area contributed by atoms with Gasteiger partial charge in [0.05, 0.1) is 23.3 Å². The molecule has 3 aromatic rings. The molecule has 3 heterocycles. The van der Waals surface area contributed by atoms with E-state index in [0.29, 0.717) is 5.92 Å². The first-order chi connectivity index (χ1) is 9.63. The van der Waals surface area contributed by atoms with Crippen molar-refractivity contribution < 1.29 is 0 Å². The molecule has 0 atom stereocenters. The Hall–Kier alpha value is -2.17. The SMILES string of the molecule is Cc1cc(-c2cc(C3CC3)nn2C)nn2c(C)cnc12. The monoisotopic (exact) mass is 267 g/mol. The molecule has 0 aliphatic heterocycles. The Kier molecular flexibility index (Phi) is 2.28. The largest absolute Gasteiger partial charge is 0.266 e. The summed E-state index contributed by atoms with van der Waals surface area (Å²) < 4.78 is 3.85. The molecule has 0 aromatic carbocycles. The third-order valence-electron chi connectivity index (χ3n) is 3.98. The molecule has 1 saturated carbocycles. The number of hydrogen-bond donors (Lipinski definition) is 0. The molecular formula is C15H17N5. The maximum Gasteiger partial charge on any atom is 0.156 e. The summed E-state index contributed by atoms with van der Waals surface area (Å²) in [5.41, 5.74) is 6.34. The van der Waals surface area contributed by atoms with Gasteiger partial charge in [-0.15, -0.1) is 0 Å². The second kappa shape index (κ2) is 3.91. The lowest BCUT2D eigenvalue weighted by Crippen LogP contribution is -2.02. The standard InChI is InChI=1S/C15H17N5/c1-9-6-13(18-20-10(2)8-16-15(9)20)14-7-12(11-4-5-11)17-19(14)3/h6-8,11H,4-5H2,1-3H3. The number of nitrogens with zero attached hydrogens (tertiary/aromatic N) is 5. The molecule has 0 amide bonds. The highest BCUT2D eigenvalue weighted by Gasteiger charge is 2.27. The number of imidazole rings is 1. The van der Waals surface area contributed by atoms with Gasteiger partial charge in [0.15, 0.2) is 5.65 Å². The van der Waals surface area contributed by atoms with Crippen LogP contribution in [0.2, 0.25) is 0 Å².